The fourth-order valence-corrected chi connectivity index (χ4v) is 1.60. The first kappa shape index (κ1) is 13.7. The molecule has 0 aliphatic heterocycles. The number of aromatic nitrogens is 4. The largest absolute Gasteiger partial charge is 0.334 e. The number of aromatic amines is 1. The molecule has 0 saturated carbocycles. The van der Waals surface area contributed by atoms with Crippen molar-refractivity contribution < 1.29 is 4.79 Å². The third-order valence-corrected chi connectivity index (χ3v) is 2.52. The molecule has 102 valence electrons. The maximum absolute atomic E-state index is 12.2. The second-order valence-electron chi connectivity index (χ2n) is 4.06. The molecule has 2 heterocycles. The number of H-pyrrole nitrogens is 1. The van der Waals surface area contributed by atoms with Gasteiger partial charge in [-0.05, 0) is 6.07 Å². The first-order valence-electron chi connectivity index (χ1n) is 5.94. The monoisotopic (exact) mass is 270 g/mol. The number of rotatable bonds is 3. The van der Waals surface area contributed by atoms with Gasteiger partial charge in [0.25, 0.3) is 5.91 Å². The first-order chi connectivity index (χ1) is 9.70. The predicted octanol–water partition coefficient (Wildman–Crippen LogP) is -0.218. The van der Waals surface area contributed by atoms with Crippen LogP contribution in [0.1, 0.15) is 21.7 Å². The highest BCUT2D eigenvalue weighted by Gasteiger charge is 2.13. The Bertz CT molecular complexity index is 640. The van der Waals surface area contributed by atoms with Crippen LogP contribution in [0, 0.1) is 11.8 Å². The minimum atomic E-state index is -0.162. The van der Waals surface area contributed by atoms with E-state index >= 15 is 0 Å². The summed E-state index contributed by atoms with van der Waals surface area (Å²) in [6.45, 7) is 0.612. The Kier molecular flexibility index (Phi) is 4.42. The van der Waals surface area contributed by atoms with Gasteiger partial charge in [-0.15, -0.1) is 0 Å². The summed E-state index contributed by atoms with van der Waals surface area (Å²) in [5.74, 6) is 6.03. The van der Waals surface area contributed by atoms with Gasteiger partial charge >= 0.3 is 0 Å². The van der Waals surface area contributed by atoms with Crippen molar-refractivity contribution in [2.75, 3.05) is 13.6 Å². The van der Waals surface area contributed by atoms with E-state index in [-0.39, 0.29) is 12.5 Å². The van der Waals surface area contributed by atoms with Crippen molar-refractivity contribution in [3.8, 4) is 11.8 Å². The second kappa shape index (κ2) is 6.45. The van der Waals surface area contributed by atoms with Gasteiger partial charge in [0.2, 0.25) is 0 Å². The van der Waals surface area contributed by atoms with Crippen molar-refractivity contribution in [3.05, 3.63) is 41.7 Å². The molecule has 0 aliphatic rings. The number of nitrogens with two attached hydrogens (primary N) is 1. The number of amides is 1. The lowest BCUT2D eigenvalue weighted by Crippen LogP contribution is -2.26. The third-order valence-electron chi connectivity index (χ3n) is 2.52. The van der Waals surface area contributed by atoms with Gasteiger partial charge in [-0.1, -0.05) is 11.8 Å². The fraction of sp³-hybridized carbons (Fsp3) is 0.231. The van der Waals surface area contributed by atoms with Crippen LogP contribution in [-0.4, -0.2) is 44.6 Å². The lowest BCUT2D eigenvalue weighted by atomic mass is 10.2. The number of carbonyl (C=O) groups excluding carboxylic acids is 1. The van der Waals surface area contributed by atoms with Gasteiger partial charge in [-0.2, -0.15) is 5.10 Å². The molecule has 0 fully saturated rings. The van der Waals surface area contributed by atoms with E-state index in [1.807, 2.05) is 0 Å². The SMILES string of the molecule is CN(Cc1ncn[nH]1)C(=O)c1cncc(C#CCN)c1. The van der Waals surface area contributed by atoms with Gasteiger partial charge in [0.15, 0.2) is 0 Å². The number of pyridine rings is 1. The number of hydrogen-bond acceptors (Lipinski definition) is 5. The van der Waals surface area contributed by atoms with Crippen molar-refractivity contribution in [1.29, 1.82) is 0 Å². The topological polar surface area (TPSA) is 101 Å². The maximum atomic E-state index is 12.2. The average molecular weight is 270 g/mol. The number of carbonyl (C=O) groups is 1. The molecule has 2 aromatic rings. The van der Waals surface area contributed by atoms with Crippen LogP contribution in [0.25, 0.3) is 0 Å². The number of hydrogen-bond donors (Lipinski definition) is 2. The highest BCUT2D eigenvalue weighted by atomic mass is 16.2. The minimum Gasteiger partial charge on any atom is -0.334 e. The fourth-order valence-electron chi connectivity index (χ4n) is 1.60. The second-order valence-corrected chi connectivity index (χ2v) is 4.06. The van der Waals surface area contributed by atoms with E-state index in [2.05, 4.69) is 32.0 Å². The minimum absolute atomic E-state index is 0.162. The van der Waals surface area contributed by atoms with Crippen LogP contribution in [0.4, 0.5) is 0 Å². The van der Waals surface area contributed by atoms with Crippen LogP contribution < -0.4 is 5.73 Å². The normalized spacial score (nSPS) is 9.70. The molecule has 0 saturated heterocycles. The average Bonchev–Trinajstić information content (AvgIpc) is 2.97. The highest BCUT2D eigenvalue weighted by Crippen LogP contribution is 2.06. The van der Waals surface area contributed by atoms with Crippen molar-refractivity contribution in [1.82, 2.24) is 25.1 Å². The standard InChI is InChI=1S/C13H14N6O/c1-19(8-12-16-9-17-18-12)13(20)11-5-10(3-2-4-14)6-15-7-11/h5-7,9H,4,8,14H2,1H3,(H,16,17,18). The molecule has 0 atom stereocenters. The summed E-state index contributed by atoms with van der Waals surface area (Å²) in [5.41, 5.74) is 6.44. The zero-order chi connectivity index (χ0) is 14.4. The molecule has 2 aromatic heterocycles. The summed E-state index contributed by atoms with van der Waals surface area (Å²) in [7, 11) is 1.68. The van der Waals surface area contributed by atoms with Crippen molar-refractivity contribution in [2.45, 2.75) is 6.54 Å². The first-order valence-corrected chi connectivity index (χ1v) is 5.94. The van der Waals surface area contributed by atoms with Crippen molar-refractivity contribution >= 4 is 5.91 Å². The summed E-state index contributed by atoms with van der Waals surface area (Å²) in [6.07, 6.45) is 4.50. The summed E-state index contributed by atoms with van der Waals surface area (Å²) in [4.78, 5) is 21.8. The van der Waals surface area contributed by atoms with E-state index in [0.29, 0.717) is 23.5 Å². The van der Waals surface area contributed by atoms with Crippen LogP contribution in [-0.2, 0) is 6.54 Å². The van der Waals surface area contributed by atoms with Crippen LogP contribution in [0.3, 0.4) is 0 Å². The molecule has 0 radical (unpaired) electrons. The van der Waals surface area contributed by atoms with E-state index in [9.17, 15) is 4.79 Å². The molecule has 20 heavy (non-hydrogen) atoms. The zero-order valence-corrected chi connectivity index (χ0v) is 11.0. The van der Waals surface area contributed by atoms with Gasteiger partial charge in [-0.25, -0.2) is 4.98 Å². The van der Waals surface area contributed by atoms with Crippen LogP contribution in [0.5, 0.6) is 0 Å². The molecule has 0 aromatic carbocycles. The van der Waals surface area contributed by atoms with Crippen LogP contribution in [0.15, 0.2) is 24.8 Å². The Hall–Kier alpha value is -2.72. The van der Waals surface area contributed by atoms with Crippen LogP contribution in [0.2, 0.25) is 0 Å². The molecule has 3 N–H and O–H groups in total. The predicted molar refractivity (Wildman–Crippen MR) is 72.3 cm³/mol. The van der Waals surface area contributed by atoms with E-state index in [4.69, 9.17) is 5.73 Å². The Balaban J connectivity index is 2.12. The lowest BCUT2D eigenvalue weighted by Gasteiger charge is -2.15. The quantitative estimate of drug-likeness (QED) is 0.751. The molecule has 0 bridgehead atoms. The van der Waals surface area contributed by atoms with Gasteiger partial charge < -0.3 is 10.6 Å². The molecule has 7 heteroatoms. The third kappa shape index (κ3) is 3.40. The molecule has 0 spiro atoms. The Morgan fingerprint density at radius 1 is 1.50 bits per heavy atom. The number of nitrogens with zero attached hydrogens (tertiary/aromatic N) is 4. The van der Waals surface area contributed by atoms with Crippen molar-refractivity contribution in [3.63, 3.8) is 0 Å². The molecule has 2 rings (SSSR count). The summed E-state index contributed by atoms with van der Waals surface area (Å²) in [6, 6.07) is 1.69. The summed E-state index contributed by atoms with van der Waals surface area (Å²) in [5, 5.41) is 6.45. The van der Waals surface area contributed by atoms with E-state index in [0.717, 1.165) is 0 Å². The smallest absolute Gasteiger partial charge is 0.255 e. The molecule has 0 unspecified atom stereocenters. The van der Waals surface area contributed by atoms with Gasteiger partial charge in [-0.3, -0.25) is 14.9 Å². The maximum Gasteiger partial charge on any atom is 0.255 e. The zero-order valence-electron chi connectivity index (χ0n) is 11.0. The van der Waals surface area contributed by atoms with Gasteiger partial charge in [0.1, 0.15) is 12.2 Å². The van der Waals surface area contributed by atoms with E-state index in [1.54, 1.807) is 19.3 Å². The highest BCUT2D eigenvalue weighted by molar-refractivity contribution is 5.94. The lowest BCUT2D eigenvalue weighted by molar-refractivity contribution is 0.0781. The molecule has 0 aliphatic carbocycles. The molecular formula is C13H14N6O. The van der Waals surface area contributed by atoms with Gasteiger partial charge in [0, 0.05) is 25.0 Å². The van der Waals surface area contributed by atoms with Crippen LogP contribution >= 0.6 is 0 Å². The summed E-state index contributed by atoms with van der Waals surface area (Å²) >= 11 is 0. The molecule has 1 amide bonds. The van der Waals surface area contributed by atoms with Gasteiger partial charge in [0.05, 0.1) is 18.7 Å². The van der Waals surface area contributed by atoms with Crippen molar-refractivity contribution in [2.24, 2.45) is 5.73 Å². The Morgan fingerprint density at radius 3 is 3.05 bits per heavy atom. The van der Waals surface area contributed by atoms with E-state index in [1.165, 1.54) is 17.4 Å². The summed E-state index contributed by atoms with van der Waals surface area (Å²) < 4.78 is 0. The van der Waals surface area contributed by atoms with E-state index < -0.39 is 0 Å². The number of nitrogens with one attached hydrogen (secondary N) is 1. The molecular weight excluding hydrogens is 256 g/mol. The Morgan fingerprint density at radius 2 is 2.35 bits per heavy atom. The molecule has 7 nitrogen and oxygen atoms in total. The Labute approximate surface area is 116 Å².